The van der Waals surface area contributed by atoms with Gasteiger partial charge in [-0.25, -0.2) is 0 Å². The van der Waals surface area contributed by atoms with Crippen LogP contribution in [0.15, 0.2) is 18.2 Å². The number of hydrogen-bond donors (Lipinski definition) is 1. The molecule has 0 heterocycles. The summed E-state index contributed by atoms with van der Waals surface area (Å²) in [5.41, 5.74) is 2.94. The van der Waals surface area contributed by atoms with Gasteiger partial charge in [-0.15, -0.1) is 0 Å². The van der Waals surface area contributed by atoms with Gasteiger partial charge in [0.15, 0.2) is 0 Å². The molecule has 0 aliphatic heterocycles. The topological polar surface area (TPSA) is 46.5 Å². The van der Waals surface area contributed by atoms with Crippen LogP contribution in [-0.4, -0.2) is 17.2 Å². The van der Waals surface area contributed by atoms with Crippen molar-refractivity contribution in [2.75, 3.05) is 0 Å². The summed E-state index contributed by atoms with van der Waals surface area (Å²) in [6.45, 7) is 6.52. The fourth-order valence-corrected chi connectivity index (χ4v) is 6.25. The first kappa shape index (κ1) is 17.9. The Morgan fingerprint density at radius 3 is 2.85 bits per heavy atom. The van der Waals surface area contributed by atoms with Crippen molar-refractivity contribution in [3.8, 4) is 5.75 Å². The Hall–Kier alpha value is -1.51. The molecule has 0 saturated heterocycles. The predicted molar refractivity (Wildman–Crippen MR) is 102 cm³/mol. The van der Waals surface area contributed by atoms with Crippen LogP contribution >= 0.6 is 0 Å². The van der Waals surface area contributed by atoms with Gasteiger partial charge >= 0.3 is 5.97 Å². The molecule has 0 aromatic heterocycles. The number of esters is 1. The maximum absolute atomic E-state index is 12.3. The number of aryl methyl sites for hydroxylation is 1. The van der Waals surface area contributed by atoms with E-state index in [1.807, 2.05) is 12.1 Å². The molecule has 0 radical (unpaired) electrons. The summed E-state index contributed by atoms with van der Waals surface area (Å²) in [6.07, 6.45) is 7.41. The van der Waals surface area contributed by atoms with Crippen LogP contribution in [0.1, 0.15) is 76.3 Å². The molecule has 142 valence electrons. The van der Waals surface area contributed by atoms with Crippen molar-refractivity contribution in [3.05, 3.63) is 29.3 Å². The fourth-order valence-electron chi connectivity index (χ4n) is 6.25. The van der Waals surface area contributed by atoms with Crippen LogP contribution in [-0.2, 0) is 16.0 Å². The van der Waals surface area contributed by atoms with Gasteiger partial charge < -0.3 is 9.84 Å². The van der Waals surface area contributed by atoms with E-state index < -0.39 is 0 Å². The Labute approximate surface area is 157 Å². The number of hydrogen-bond acceptors (Lipinski definition) is 3. The van der Waals surface area contributed by atoms with Gasteiger partial charge in [-0.3, -0.25) is 4.79 Å². The number of phenolic OH excluding ortho intramolecular Hbond substituents is 1. The van der Waals surface area contributed by atoms with E-state index in [-0.39, 0.29) is 17.5 Å². The molecule has 1 aromatic rings. The zero-order valence-corrected chi connectivity index (χ0v) is 16.3. The molecule has 2 fully saturated rings. The van der Waals surface area contributed by atoms with Crippen molar-refractivity contribution in [2.45, 2.75) is 77.7 Å². The van der Waals surface area contributed by atoms with Crippen LogP contribution in [0.3, 0.4) is 0 Å². The average Bonchev–Trinajstić information content (AvgIpc) is 2.90. The van der Waals surface area contributed by atoms with E-state index in [9.17, 15) is 9.90 Å². The van der Waals surface area contributed by atoms with Gasteiger partial charge in [0, 0.05) is 11.8 Å². The lowest BCUT2D eigenvalue weighted by Gasteiger charge is -2.50. The molecule has 0 amide bonds. The SMILES string of the molecule is CC(C)CC(=O)O[C@H]1CC[C@H]2[C@@H]3CCc4cc(O)ccc4[C@H]3CC[C@]12C. The molecule has 5 atom stereocenters. The Morgan fingerprint density at radius 2 is 2.08 bits per heavy atom. The first-order valence-corrected chi connectivity index (χ1v) is 10.4. The second-order valence-corrected chi connectivity index (χ2v) is 9.50. The van der Waals surface area contributed by atoms with Crippen LogP contribution in [0.25, 0.3) is 0 Å². The zero-order valence-electron chi connectivity index (χ0n) is 16.3. The summed E-state index contributed by atoms with van der Waals surface area (Å²) in [6, 6.07) is 5.96. The Balaban J connectivity index is 1.53. The van der Waals surface area contributed by atoms with Crippen LogP contribution in [0.2, 0.25) is 0 Å². The molecule has 3 aliphatic carbocycles. The number of phenols is 1. The second kappa shape index (κ2) is 6.58. The Kier molecular flexibility index (Phi) is 4.53. The van der Waals surface area contributed by atoms with E-state index in [4.69, 9.17) is 4.74 Å². The van der Waals surface area contributed by atoms with Gasteiger partial charge in [-0.1, -0.05) is 26.8 Å². The lowest BCUT2D eigenvalue weighted by atomic mass is 9.55. The van der Waals surface area contributed by atoms with Gasteiger partial charge in [0.2, 0.25) is 0 Å². The molecule has 4 rings (SSSR count). The average molecular weight is 357 g/mol. The number of benzene rings is 1. The number of fused-ring (bicyclic) bond motifs is 5. The van der Waals surface area contributed by atoms with Crippen molar-refractivity contribution in [1.29, 1.82) is 0 Å². The van der Waals surface area contributed by atoms with Crippen molar-refractivity contribution in [2.24, 2.45) is 23.2 Å². The number of carbonyl (C=O) groups is 1. The van der Waals surface area contributed by atoms with E-state index in [1.54, 1.807) is 0 Å². The molecule has 1 N–H and O–H groups in total. The van der Waals surface area contributed by atoms with Gasteiger partial charge in [0.05, 0.1) is 0 Å². The third kappa shape index (κ3) is 2.93. The zero-order chi connectivity index (χ0) is 18.5. The third-order valence-electron chi connectivity index (χ3n) is 7.47. The quantitative estimate of drug-likeness (QED) is 0.757. The molecule has 0 bridgehead atoms. The second-order valence-electron chi connectivity index (χ2n) is 9.50. The van der Waals surface area contributed by atoms with E-state index in [1.165, 1.54) is 30.4 Å². The molecule has 2 saturated carbocycles. The van der Waals surface area contributed by atoms with Gasteiger partial charge in [0.1, 0.15) is 11.9 Å². The Bertz CT molecular complexity index is 695. The number of carbonyl (C=O) groups excluding carboxylic acids is 1. The molecule has 26 heavy (non-hydrogen) atoms. The minimum atomic E-state index is -0.0153. The molecule has 3 aliphatic rings. The number of aromatic hydroxyl groups is 1. The smallest absolute Gasteiger partial charge is 0.306 e. The summed E-state index contributed by atoms with van der Waals surface area (Å²) >= 11 is 0. The van der Waals surface area contributed by atoms with Crippen molar-refractivity contribution in [3.63, 3.8) is 0 Å². The minimum Gasteiger partial charge on any atom is -0.508 e. The minimum absolute atomic E-state index is 0.0153. The van der Waals surface area contributed by atoms with Crippen LogP contribution in [0.4, 0.5) is 0 Å². The van der Waals surface area contributed by atoms with Gasteiger partial charge in [-0.05, 0) is 85.5 Å². The molecule has 1 aromatic carbocycles. The van der Waals surface area contributed by atoms with Crippen LogP contribution in [0, 0.1) is 23.2 Å². The van der Waals surface area contributed by atoms with Gasteiger partial charge in [0.25, 0.3) is 0 Å². The first-order valence-electron chi connectivity index (χ1n) is 10.4. The third-order valence-corrected chi connectivity index (χ3v) is 7.47. The summed E-state index contributed by atoms with van der Waals surface area (Å²) in [7, 11) is 0. The highest BCUT2D eigenvalue weighted by Crippen LogP contribution is 2.61. The monoisotopic (exact) mass is 356 g/mol. The summed E-state index contributed by atoms with van der Waals surface area (Å²) in [5.74, 6) is 2.69. The molecule has 3 heteroatoms. The van der Waals surface area contributed by atoms with E-state index in [2.05, 4.69) is 26.8 Å². The van der Waals surface area contributed by atoms with Crippen molar-refractivity contribution >= 4 is 5.97 Å². The summed E-state index contributed by atoms with van der Waals surface area (Å²) < 4.78 is 5.99. The first-order chi connectivity index (χ1) is 12.4. The Morgan fingerprint density at radius 1 is 1.27 bits per heavy atom. The highest BCUT2D eigenvalue weighted by atomic mass is 16.5. The molecule has 0 unspecified atom stereocenters. The van der Waals surface area contributed by atoms with E-state index in [0.29, 0.717) is 35.8 Å². The molecule has 3 nitrogen and oxygen atoms in total. The lowest BCUT2D eigenvalue weighted by Crippen LogP contribution is -2.45. The van der Waals surface area contributed by atoms with Crippen molar-refractivity contribution < 1.29 is 14.6 Å². The van der Waals surface area contributed by atoms with E-state index in [0.717, 1.165) is 19.3 Å². The summed E-state index contributed by atoms with van der Waals surface area (Å²) in [4.78, 5) is 12.3. The number of rotatable bonds is 3. The summed E-state index contributed by atoms with van der Waals surface area (Å²) in [5, 5.41) is 9.81. The lowest BCUT2D eigenvalue weighted by molar-refractivity contribution is -0.158. The molecular weight excluding hydrogens is 324 g/mol. The maximum atomic E-state index is 12.3. The van der Waals surface area contributed by atoms with Crippen LogP contribution < -0.4 is 0 Å². The standard InChI is InChI=1S/C23H32O3/c1-14(2)12-22(25)26-21-9-8-20-19-6-4-15-13-16(24)5-7-17(15)18(19)10-11-23(20,21)3/h5,7,13-14,18-21,24H,4,6,8-12H2,1-3H3/t18-,19-,20+,21+,23+/m1/s1. The highest BCUT2D eigenvalue weighted by molar-refractivity contribution is 5.69. The van der Waals surface area contributed by atoms with E-state index >= 15 is 0 Å². The number of ether oxygens (including phenoxy) is 1. The van der Waals surface area contributed by atoms with Crippen molar-refractivity contribution in [1.82, 2.24) is 0 Å². The fraction of sp³-hybridized carbons (Fsp3) is 0.696. The van der Waals surface area contributed by atoms with Gasteiger partial charge in [-0.2, -0.15) is 0 Å². The highest BCUT2D eigenvalue weighted by Gasteiger charge is 2.56. The predicted octanol–water partition coefficient (Wildman–Crippen LogP) is 5.21. The van der Waals surface area contributed by atoms with Crippen LogP contribution in [0.5, 0.6) is 5.75 Å². The molecule has 0 spiro atoms. The largest absolute Gasteiger partial charge is 0.508 e. The molecular formula is C23H32O3. The maximum Gasteiger partial charge on any atom is 0.306 e. The normalized spacial score (nSPS) is 35.5.